The summed E-state index contributed by atoms with van der Waals surface area (Å²) in [7, 11) is 1.53. The first-order valence-electron chi connectivity index (χ1n) is 8.85. The van der Waals surface area contributed by atoms with E-state index in [1.54, 1.807) is 30.3 Å². The summed E-state index contributed by atoms with van der Waals surface area (Å²) in [5, 5.41) is 29.2. The van der Waals surface area contributed by atoms with Crippen LogP contribution in [0.4, 0.5) is 28.8 Å². The normalized spacial score (nSPS) is 10.6. The second-order valence-electron chi connectivity index (χ2n) is 6.16. The Morgan fingerprint density at radius 2 is 1.81 bits per heavy atom. The Hall–Kier alpha value is -4.61. The van der Waals surface area contributed by atoms with Crippen LogP contribution in [0.3, 0.4) is 0 Å². The van der Waals surface area contributed by atoms with Crippen molar-refractivity contribution in [3.8, 4) is 5.75 Å². The lowest BCUT2D eigenvalue weighted by Crippen LogP contribution is -2.07. The highest BCUT2D eigenvalue weighted by atomic mass is 16.6. The molecule has 158 valence electrons. The fourth-order valence-electron chi connectivity index (χ4n) is 2.62. The number of benzene rings is 2. The molecule has 0 bridgehead atoms. The molecule has 0 aliphatic heterocycles. The molecule has 31 heavy (non-hydrogen) atoms. The molecule has 0 atom stereocenters. The molecule has 0 aliphatic rings. The van der Waals surface area contributed by atoms with Gasteiger partial charge in [0.2, 0.25) is 11.8 Å². The lowest BCUT2D eigenvalue weighted by atomic mass is 10.2. The lowest BCUT2D eigenvalue weighted by Gasteiger charge is -2.10. The topological polar surface area (TPSA) is 158 Å². The van der Waals surface area contributed by atoms with Crippen molar-refractivity contribution >= 4 is 35.0 Å². The molecular formula is C19H17N7O5. The summed E-state index contributed by atoms with van der Waals surface area (Å²) in [5.74, 6) is 0.633. The quantitative estimate of drug-likeness (QED) is 0.312. The van der Waals surface area contributed by atoms with Crippen LogP contribution in [0, 0.1) is 27.2 Å². The maximum atomic E-state index is 11.5. The molecule has 3 rings (SSSR count). The molecular weight excluding hydrogens is 406 g/mol. The number of hydrogen-bond donors (Lipinski definition) is 2. The molecule has 12 nitrogen and oxygen atoms in total. The molecule has 0 saturated heterocycles. The maximum Gasteiger partial charge on any atom is 0.332 e. The molecule has 0 aliphatic carbocycles. The van der Waals surface area contributed by atoms with Crippen LogP contribution < -0.4 is 15.5 Å². The van der Waals surface area contributed by atoms with Gasteiger partial charge in [-0.15, -0.1) is 0 Å². The summed E-state index contributed by atoms with van der Waals surface area (Å²) in [5.41, 5.74) is 3.42. The van der Waals surface area contributed by atoms with Gasteiger partial charge in [-0.25, -0.2) is 10.4 Å². The van der Waals surface area contributed by atoms with Gasteiger partial charge in [-0.1, -0.05) is 12.1 Å². The SMILES string of the molecule is COc1ccc(Nc2nc(NN=Cc3cccc([N+](=O)[O-])c3)nc(C)c2[N+](=O)[O-])cc1. The van der Waals surface area contributed by atoms with Gasteiger partial charge in [0.1, 0.15) is 11.4 Å². The third kappa shape index (κ3) is 5.26. The zero-order valence-corrected chi connectivity index (χ0v) is 16.5. The highest BCUT2D eigenvalue weighted by Gasteiger charge is 2.22. The second-order valence-corrected chi connectivity index (χ2v) is 6.16. The number of aryl methyl sites for hydroxylation is 1. The van der Waals surface area contributed by atoms with Gasteiger partial charge in [0.15, 0.2) is 0 Å². The van der Waals surface area contributed by atoms with Crippen LogP contribution in [0.15, 0.2) is 53.6 Å². The number of non-ortho nitro benzene ring substituents is 1. The standard InChI is InChI=1S/C19H17N7O5/c1-12-17(26(29)30)18(22-14-6-8-16(31-2)9-7-14)23-19(21-12)24-20-11-13-4-3-5-15(10-13)25(27)28/h3-11H,1-2H3,(H2,21,22,23,24). The zero-order chi connectivity index (χ0) is 22.4. The summed E-state index contributed by atoms with van der Waals surface area (Å²) in [6.07, 6.45) is 1.35. The predicted octanol–water partition coefficient (Wildman–Crippen LogP) is 3.80. The maximum absolute atomic E-state index is 11.5. The Balaban J connectivity index is 1.85. The van der Waals surface area contributed by atoms with Gasteiger partial charge in [0.25, 0.3) is 5.69 Å². The van der Waals surface area contributed by atoms with E-state index < -0.39 is 9.85 Å². The minimum atomic E-state index is -0.572. The highest BCUT2D eigenvalue weighted by Crippen LogP contribution is 2.29. The summed E-state index contributed by atoms with van der Waals surface area (Å²) in [4.78, 5) is 29.5. The Morgan fingerprint density at radius 1 is 1.06 bits per heavy atom. The number of nitrogens with one attached hydrogen (secondary N) is 2. The Labute approximate surface area is 175 Å². The minimum Gasteiger partial charge on any atom is -0.497 e. The van der Waals surface area contributed by atoms with Crippen molar-refractivity contribution in [1.29, 1.82) is 0 Å². The number of rotatable bonds is 8. The number of hydrogen-bond acceptors (Lipinski definition) is 10. The van der Waals surface area contributed by atoms with Crippen LogP contribution in [0.5, 0.6) is 5.75 Å². The number of nitrogens with zero attached hydrogens (tertiary/aromatic N) is 5. The van der Waals surface area contributed by atoms with Crippen molar-refractivity contribution in [3.63, 3.8) is 0 Å². The molecule has 1 heterocycles. The van der Waals surface area contributed by atoms with E-state index in [1.165, 1.54) is 38.4 Å². The summed E-state index contributed by atoms with van der Waals surface area (Å²) in [6.45, 7) is 1.48. The van der Waals surface area contributed by atoms with E-state index in [9.17, 15) is 20.2 Å². The van der Waals surface area contributed by atoms with E-state index in [1.807, 2.05) is 0 Å². The van der Waals surface area contributed by atoms with Crippen molar-refractivity contribution in [1.82, 2.24) is 9.97 Å². The monoisotopic (exact) mass is 423 g/mol. The number of ether oxygens (including phenoxy) is 1. The fourth-order valence-corrected chi connectivity index (χ4v) is 2.62. The van der Waals surface area contributed by atoms with Gasteiger partial charge in [-0.05, 0) is 31.2 Å². The average Bonchev–Trinajstić information content (AvgIpc) is 2.74. The van der Waals surface area contributed by atoms with Crippen molar-refractivity contribution in [2.24, 2.45) is 5.10 Å². The van der Waals surface area contributed by atoms with Crippen molar-refractivity contribution < 1.29 is 14.6 Å². The average molecular weight is 423 g/mol. The van der Waals surface area contributed by atoms with Gasteiger partial charge < -0.3 is 10.1 Å². The minimum absolute atomic E-state index is 0.0146. The van der Waals surface area contributed by atoms with Crippen LogP contribution in [-0.4, -0.2) is 33.1 Å². The largest absolute Gasteiger partial charge is 0.497 e. The van der Waals surface area contributed by atoms with Crippen LogP contribution in [-0.2, 0) is 0 Å². The predicted molar refractivity (Wildman–Crippen MR) is 114 cm³/mol. The van der Waals surface area contributed by atoms with E-state index in [0.29, 0.717) is 17.0 Å². The van der Waals surface area contributed by atoms with Gasteiger partial charge in [0.05, 0.1) is 23.2 Å². The van der Waals surface area contributed by atoms with Crippen LogP contribution in [0.25, 0.3) is 0 Å². The van der Waals surface area contributed by atoms with E-state index in [2.05, 4.69) is 25.8 Å². The molecule has 0 spiro atoms. The Morgan fingerprint density at radius 3 is 2.45 bits per heavy atom. The van der Waals surface area contributed by atoms with Crippen LogP contribution in [0.2, 0.25) is 0 Å². The number of hydrazone groups is 1. The van der Waals surface area contributed by atoms with E-state index in [-0.39, 0.29) is 28.8 Å². The van der Waals surface area contributed by atoms with Gasteiger partial charge in [-0.3, -0.25) is 20.2 Å². The molecule has 0 radical (unpaired) electrons. The first-order chi connectivity index (χ1) is 14.9. The smallest absolute Gasteiger partial charge is 0.332 e. The zero-order valence-electron chi connectivity index (χ0n) is 16.5. The first kappa shape index (κ1) is 21.1. The van der Waals surface area contributed by atoms with Gasteiger partial charge in [-0.2, -0.15) is 10.1 Å². The van der Waals surface area contributed by atoms with Crippen molar-refractivity contribution in [2.75, 3.05) is 17.9 Å². The van der Waals surface area contributed by atoms with E-state index in [0.717, 1.165) is 0 Å². The molecule has 3 aromatic rings. The van der Waals surface area contributed by atoms with Crippen molar-refractivity contribution in [2.45, 2.75) is 6.92 Å². The molecule has 0 fully saturated rings. The second kappa shape index (κ2) is 9.26. The molecule has 12 heteroatoms. The molecule has 2 N–H and O–H groups in total. The highest BCUT2D eigenvalue weighted by molar-refractivity contribution is 5.81. The summed E-state index contributed by atoms with van der Waals surface area (Å²) < 4.78 is 5.10. The number of anilines is 3. The Bertz CT molecular complexity index is 1150. The van der Waals surface area contributed by atoms with Crippen molar-refractivity contribution in [3.05, 3.63) is 80.0 Å². The molecule has 0 saturated carbocycles. The third-order valence-corrected chi connectivity index (χ3v) is 4.05. The fraction of sp³-hybridized carbons (Fsp3) is 0.105. The number of nitro groups is 2. The van der Waals surface area contributed by atoms with Gasteiger partial charge in [0, 0.05) is 23.4 Å². The summed E-state index contributed by atoms with van der Waals surface area (Å²) >= 11 is 0. The number of aromatic nitrogens is 2. The Kier molecular flexibility index (Phi) is 6.30. The lowest BCUT2D eigenvalue weighted by molar-refractivity contribution is -0.385. The van der Waals surface area contributed by atoms with E-state index in [4.69, 9.17) is 4.74 Å². The molecule has 1 aromatic heterocycles. The van der Waals surface area contributed by atoms with E-state index >= 15 is 0 Å². The molecule has 0 unspecified atom stereocenters. The third-order valence-electron chi connectivity index (χ3n) is 4.05. The first-order valence-corrected chi connectivity index (χ1v) is 8.85. The summed E-state index contributed by atoms with van der Waals surface area (Å²) in [6, 6.07) is 12.7. The number of methoxy groups -OCH3 is 1. The molecule has 0 amide bonds. The van der Waals surface area contributed by atoms with Crippen LogP contribution in [0.1, 0.15) is 11.3 Å². The van der Waals surface area contributed by atoms with Crippen LogP contribution >= 0.6 is 0 Å². The molecule has 2 aromatic carbocycles. The number of nitro benzene ring substituents is 1. The van der Waals surface area contributed by atoms with Gasteiger partial charge >= 0.3 is 5.69 Å².